The van der Waals surface area contributed by atoms with Crippen LogP contribution in [0.25, 0.3) is 0 Å². The molecule has 1 aromatic rings. The van der Waals surface area contributed by atoms with E-state index in [0.717, 1.165) is 30.9 Å². The molecule has 0 radical (unpaired) electrons. The van der Waals surface area contributed by atoms with Crippen molar-refractivity contribution in [3.8, 4) is 0 Å². The predicted molar refractivity (Wildman–Crippen MR) is 70.7 cm³/mol. The Kier molecular flexibility index (Phi) is 2.94. The lowest BCUT2D eigenvalue weighted by atomic mass is 9.99. The Labute approximate surface area is 112 Å². The van der Waals surface area contributed by atoms with Crippen molar-refractivity contribution in [2.24, 2.45) is 5.92 Å². The van der Waals surface area contributed by atoms with Gasteiger partial charge in [-0.15, -0.1) is 0 Å². The number of imidazole rings is 1. The largest absolute Gasteiger partial charge is 0.330 e. The first-order valence-electron chi connectivity index (χ1n) is 6.41. The lowest BCUT2D eigenvalue weighted by molar-refractivity contribution is 0.385. The maximum absolute atomic E-state index is 11.6. The first kappa shape index (κ1) is 12.5. The van der Waals surface area contributed by atoms with E-state index < -0.39 is 9.84 Å². The van der Waals surface area contributed by atoms with E-state index in [9.17, 15) is 8.42 Å². The smallest absolute Gasteiger partial charge is 0.151 e. The van der Waals surface area contributed by atoms with Gasteiger partial charge in [-0.05, 0) is 25.2 Å². The van der Waals surface area contributed by atoms with Crippen LogP contribution in [0.3, 0.4) is 0 Å². The maximum atomic E-state index is 11.6. The highest BCUT2D eigenvalue weighted by Crippen LogP contribution is 2.34. The number of aromatic nitrogens is 2. The highest BCUT2D eigenvalue weighted by atomic mass is 35.5. The highest BCUT2D eigenvalue weighted by Gasteiger charge is 2.34. The molecule has 100 valence electrons. The average molecular weight is 289 g/mol. The summed E-state index contributed by atoms with van der Waals surface area (Å²) in [5, 5.41) is 0.571. The van der Waals surface area contributed by atoms with Gasteiger partial charge in [0.1, 0.15) is 5.82 Å². The number of hydrogen-bond donors (Lipinski definition) is 0. The van der Waals surface area contributed by atoms with Crippen LogP contribution in [-0.4, -0.2) is 29.5 Å². The van der Waals surface area contributed by atoms with Gasteiger partial charge in [0.2, 0.25) is 0 Å². The van der Waals surface area contributed by atoms with E-state index in [4.69, 9.17) is 11.6 Å². The Morgan fingerprint density at radius 1 is 1.39 bits per heavy atom. The molecule has 1 saturated heterocycles. The summed E-state index contributed by atoms with van der Waals surface area (Å²) in [5.41, 5.74) is 1.09. The number of sulfone groups is 1. The molecule has 2 aliphatic rings. The number of halogens is 1. The molecule has 3 heterocycles. The molecule has 1 aromatic heterocycles. The summed E-state index contributed by atoms with van der Waals surface area (Å²) in [6.45, 7) is 3.13. The SMILES string of the molecule is CC1CCc2c(Cl)nc(C3CCS(=O)(=O)C3)n2C1. The second kappa shape index (κ2) is 4.23. The van der Waals surface area contributed by atoms with Gasteiger partial charge in [0.25, 0.3) is 0 Å². The summed E-state index contributed by atoms with van der Waals surface area (Å²) in [6, 6.07) is 0. The highest BCUT2D eigenvalue weighted by molar-refractivity contribution is 7.91. The third-order valence-electron chi connectivity index (χ3n) is 4.02. The number of nitrogens with zero attached hydrogens (tertiary/aromatic N) is 2. The first-order chi connectivity index (χ1) is 8.46. The zero-order valence-electron chi connectivity index (χ0n) is 10.4. The number of rotatable bonds is 1. The quantitative estimate of drug-likeness (QED) is 0.794. The van der Waals surface area contributed by atoms with E-state index in [1.54, 1.807) is 0 Å². The normalized spacial score (nSPS) is 30.3. The average Bonchev–Trinajstić information content (AvgIpc) is 2.80. The van der Waals surface area contributed by atoms with Gasteiger partial charge in [-0.25, -0.2) is 13.4 Å². The molecule has 2 atom stereocenters. The molecule has 1 fully saturated rings. The Morgan fingerprint density at radius 3 is 2.83 bits per heavy atom. The van der Waals surface area contributed by atoms with Crippen LogP contribution in [0.2, 0.25) is 5.15 Å². The number of hydrogen-bond acceptors (Lipinski definition) is 3. The van der Waals surface area contributed by atoms with Gasteiger partial charge in [-0.1, -0.05) is 18.5 Å². The summed E-state index contributed by atoms with van der Waals surface area (Å²) >= 11 is 6.18. The zero-order chi connectivity index (χ0) is 12.9. The fourth-order valence-corrected chi connectivity index (χ4v) is 5.04. The van der Waals surface area contributed by atoms with Crippen LogP contribution >= 0.6 is 11.6 Å². The van der Waals surface area contributed by atoms with Crippen LogP contribution in [0.15, 0.2) is 0 Å². The third kappa shape index (κ3) is 2.07. The van der Waals surface area contributed by atoms with Gasteiger partial charge in [0, 0.05) is 12.5 Å². The van der Waals surface area contributed by atoms with Crippen LogP contribution < -0.4 is 0 Å². The molecule has 0 bridgehead atoms. The van der Waals surface area contributed by atoms with E-state index in [-0.39, 0.29) is 17.4 Å². The fourth-order valence-electron chi connectivity index (χ4n) is 3.01. The molecule has 0 amide bonds. The van der Waals surface area contributed by atoms with Crippen molar-refractivity contribution in [3.63, 3.8) is 0 Å². The van der Waals surface area contributed by atoms with Crippen molar-refractivity contribution in [1.29, 1.82) is 0 Å². The Balaban J connectivity index is 1.98. The van der Waals surface area contributed by atoms with Crippen molar-refractivity contribution in [2.75, 3.05) is 11.5 Å². The van der Waals surface area contributed by atoms with Crippen molar-refractivity contribution in [3.05, 3.63) is 16.7 Å². The number of fused-ring (bicyclic) bond motifs is 1. The van der Waals surface area contributed by atoms with Crippen LogP contribution in [0.1, 0.15) is 37.2 Å². The predicted octanol–water partition coefficient (Wildman–Crippen LogP) is 2.02. The maximum Gasteiger partial charge on any atom is 0.151 e. The molecule has 0 N–H and O–H groups in total. The van der Waals surface area contributed by atoms with Crippen molar-refractivity contribution < 1.29 is 8.42 Å². The van der Waals surface area contributed by atoms with E-state index in [2.05, 4.69) is 16.5 Å². The molecule has 6 heteroatoms. The topological polar surface area (TPSA) is 52.0 Å². The zero-order valence-corrected chi connectivity index (χ0v) is 12.0. The summed E-state index contributed by atoms with van der Waals surface area (Å²) in [5.74, 6) is 2.05. The summed E-state index contributed by atoms with van der Waals surface area (Å²) in [6.07, 6.45) is 2.77. The molecular weight excluding hydrogens is 272 g/mol. The molecule has 2 unspecified atom stereocenters. The van der Waals surface area contributed by atoms with Crippen molar-refractivity contribution in [2.45, 2.75) is 38.6 Å². The second-order valence-corrected chi connectivity index (χ2v) is 8.15. The first-order valence-corrected chi connectivity index (χ1v) is 8.61. The Hall–Kier alpha value is -0.550. The lowest BCUT2D eigenvalue weighted by Gasteiger charge is -2.23. The van der Waals surface area contributed by atoms with E-state index in [1.165, 1.54) is 0 Å². The molecule has 0 aromatic carbocycles. The van der Waals surface area contributed by atoms with Gasteiger partial charge in [-0.2, -0.15) is 0 Å². The molecule has 0 aliphatic carbocycles. The summed E-state index contributed by atoms with van der Waals surface area (Å²) in [7, 11) is -2.87. The van der Waals surface area contributed by atoms with E-state index >= 15 is 0 Å². The summed E-state index contributed by atoms with van der Waals surface area (Å²) < 4.78 is 25.3. The molecule has 0 saturated carbocycles. The van der Waals surface area contributed by atoms with Gasteiger partial charge in [0.15, 0.2) is 15.0 Å². The molecule has 2 aliphatic heterocycles. The standard InChI is InChI=1S/C12H17ClN2O2S/c1-8-2-3-10-11(13)14-12(15(10)6-8)9-4-5-18(16,17)7-9/h8-9H,2-7H2,1H3. The molecule has 3 rings (SSSR count). The molecule has 18 heavy (non-hydrogen) atoms. The third-order valence-corrected chi connectivity index (χ3v) is 6.09. The monoisotopic (exact) mass is 288 g/mol. The van der Waals surface area contributed by atoms with E-state index in [1.807, 2.05) is 0 Å². The van der Waals surface area contributed by atoms with Crippen molar-refractivity contribution in [1.82, 2.24) is 9.55 Å². The molecule has 0 spiro atoms. The van der Waals surface area contributed by atoms with Gasteiger partial charge < -0.3 is 4.57 Å². The van der Waals surface area contributed by atoms with Crippen LogP contribution in [0, 0.1) is 5.92 Å². The van der Waals surface area contributed by atoms with Gasteiger partial charge in [-0.3, -0.25) is 0 Å². The lowest BCUT2D eigenvalue weighted by Crippen LogP contribution is -2.21. The fraction of sp³-hybridized carbons (Fsp3) is 0.750. The molecule has 4 nitrogen and oxygen atoms in total. The summed E-state index contributed by atoms with van der Waals surface area (Å²) in [4.78, 5) is 4.44. The van der Waals surface area contributed by atoms with Crippen LogP contribution in [0.5, 0.6) is 0 Å². The van der Waals surface area contributed by atoms with Crippen LogP contribution in [-0.2, 0) is 22.8 Å². The Morgan fingerprint density at radius 2 is 2.17 bits per heavy atom. The minimum absolute atomic E-state index is 0.0338. The van der Waals surface area contributed by atoms with Crippen molar-refractivity contribution >= 4 is 21.4 Å². The minimum atomic E-state index is -2.87. The second-order valence-electron chi connectivity index (χ2n) is 5.56. The van der Waals surface area contributed by atoms with E-state index in [0.29, 0.717) is 17.5 Å². The van der Waals surface area contributed by atoms with Gasteiger partial charge in [0.05, 0.1) is 17.2 Å². The van der Waals surface area contributed by atoms with Crippen LogP contribution in [0.4, 0.5) is 0 Å². The van der Waals surface area contributed by atoms with Gasteiger partial charge >= 0.3 is 0 Å². The minimum Gasteiger partial charge on any atom is -0.330 e. The molecular formula is C12H17ClN2O2S. The Bertz CT molecular complexity index is 579.